The molecule has 3 aromatic heterocycles. The van der Waals surface area contributed by atoms with Crippen molar-refractivity contribution in [3.63, 3.8) is 0 Å². The van der Waals surface area contributed by atoms with Crippen LogP contribution in [0.5, 0.6) is 0 Å². The molecule has 3 N–H and O–H groups in total. The van der Waals surface area contributed by atoms with Gasteiger partial charge in [0.1, 0.15) is 29.3 Å². The normalized spacial score (nSPS) is 19.5. The minimum atomic E-state index is -0.735. The van der Waals surface area contributed by atoms with Crippen molar-refractivity contribution >= 4 is 51.8 Å². The molecule has 2 bridgehead atoms. The Bertz CT molecular complexity index is 1720. The molecular formula is C28H25ClN8O4. The average molecular weight is 573 g/mol. The van der Waals surface area contributed by atoms with Gasteiger partial charge in [0.15, 0.2) is 5.78 Å². The number of benzene rings is 1. The zero-order valence-corrected chi connectivity index (χ0v) is 22.7. The third-order valence-electron chi connectivity index (χ3n) is 7.68. The number of nitrogens with two attached hydrogens (primary N) is 1. The molecule has 0 radical (unpaired) electrons. The van der Waals surface area contributed by atoms with Crippen LogP contribution in [0.2, 0.25) is 5.15 Å². The smallest absolute Gasteiger partial charge is 0.286 e. The van der Waals surface area contributed by atoms with Gasteiger partial charge in [0.25, 0.3) is 5.91 Å². The minimum Gasteiger partial charge on any atom is -0.363 e. The van der Waals surface area contributed by atoms with Crippen molar-refractivity contribution in [2.24, 2.45) is 11.7 Å². The van der Waals surface area contributed by atoms with Crippen LogP contribution >= 0.6 is 11.6 Å². The highest BCUT2D eigenvalue weighted by atomic mass is 35.5. The van der Waals surface area contributed by atoms with E-state index in [2.05, 4.69) is 25.4 Å². The molecule has 1 saturated carbocycles. The van der Waals surface area contributed by atoms with Crippen LogP contribution in [-0.2, 0) is 16.1 Å². The molecule has 6 rings (SSSR count). The van der Waals surface area contributed by atoms with E-state index in [0.717, 1.165) is 19.3 Å². The molecule has 41 heavy (non-hydrogen) atoms. The van der Waals surface area contributed by atoms with Crippen LogP contribution in [0.15, 0.2) is 48.8 Å². The predicted molar refractivity (Wildman–Crippen MR) is 149 cm³/mol. The van der Waals surface area contributed by atoms with Gasteiger partial charge in [-0.2, -0.15) is 5.10 Å². The van der Waals surface area contributed by atoms with Crippen LogP contribution in [0.4, 0.5) is 5.82 Å². The van der Waals surface area contributed by atoms with Gasteiger partial charge in [-0.05, 0) is 55.0 Å². The van der Waals surface area contributed by atoms with Crippen LogP contribution in [0.3, 0.4) is 0 Å². The van der Waals surface area contributed by atoms with Crippen LogP contribution < -0.4 is 11.1 Å². The summed E-state index contributed by atoms with van der Waals surface area (Å²) in [6.07, 6.45) is 5.38. The fourth-order valence-electron chi connectivity index (χ4n) is 5.91. The monoisotopic (exact) mass is 572 g/mol. The van der Waals surface area contributed by atoms with Gasteiger partial charge in [-0.15, -0.1) is 0 Å². The van der Waals surface area contributed by atoms with E-state index in [1.54, 1.807) is 41.3 Å². The van der Waals surface area contributed by atoms with Crippen molar-refractivity contribution in [3.05, 3.63) is 65.5 Å². The van der Waals surface area contributed by atoms with Crippen molar-refractivity contribution in [1.29, 1.82) is 0 Å². The second-order valence-electron chi connectivity index (χ2n) is 10.3. The lowest BCUT2D eigenvalue weighted by Gasteiger charge is -2.34. The molecule has 2 aliphatic rings. The van der Waals surface area contributed by atoms with Crippen LogP contribution in [-0.4, -0.2) is 65.2 Å². The summed E-state index contributed by atoms with van der Waals surface area (Å²) in [5.74, 6) is -1.29. The number of carbonyl (C=O) groups excluding carboxylic acids is 4. The minimum absolute atomic E-state index is 0.0419. The topological polar surface area (TPSA) is 166 Å². The molecule has 3 amide bonds. The summed E-state index contributed by atoms with van der Waals surface area (Å²) in [6.45, 7) is 1.26. The number of rotatable bonds is 7. The van der Waals surface area contributed by atoms with Crippen molar-refractivity contribution in [2.45, 2.75) is 44.8 Å². The Kier molecular flexibility index (Phi) is 6.70. The molecule has 1 aliphatic heterocycles. The number of primary amides is 1. The van der Waals surface area contributed by atoms with E-state index in [1.165, 1.54) is 24.0 Å². The van der Waals surface area contributed by atoms with Gasteiger partial charge in [-0.1, -0.05) is 23.7 Å². The number of aromatic nitrogens is 5. The number of hydrogen-bond donors (Lipinski definition) is 2. The largest absolute Gasteiger partial charge is 0.363 e. The van der Waals surface area contributed by atoms with Crippen molar-refractivity contribution in [3.8, 4) is 11.1 Å². The molecule has 1 saturated heterocycles. The highest BCUT2D eigenvalue weighted by Crippen LogP contribution is 2.43. The van der Waals surface area contributed by atoms with Gasteiger partial charge >= 0.3 is 0 Å². The summed E-state index contributed by atoms with van der Waals surface area (Å²) >= 11 is 5.98. The Balaban J connectivity index is 1.30. The molecule has 3 atom stereocenters. The summed E-state index contributed by atoms with van der Waals surface area (Å²) in [5.41, 5.74) is 7.36. The maximum absolute atomic E-state index is 13.8. The molecular weight excluding hydrogens is 548 g/mol. The second-order valence-corrected chi connectivity index (χ2v) is 10.6. The lowest BCUT2D eigenvalue weighted by Crippen LogP contribution is -2.52. The first-order valence-electron chi connectivity index (χ1n) is 13.1. The Morgan fingerprint density at radius 3 is 2.56 bits per heavy atom. The van der Waals surface area contributed by atoms with Crippen molar-refractivity contribution in [1.82, 2.24) is 29.6 Å². The third kappa shape index (κ3) is 4.91. The Labute approximate surface area is 238 Å². The van der Waals surface area contributed by atoms with Crippen molar-refractivity contribution in [2.75, 3.05) is 5.32 Å². The van der Waals surface area contributed by atoms with E-state index in [1.807, 2.05) is 0 Å². The van der Waals surface area contributed by atoms with Gasteiger partial charge in [0.05, 0.1) is 5.52 Å². The third-order valence-corrected chi connectivity index (χ3v) is 7.89. The van der Waals surface area contributed by atoms with Crippen molar-refractivity contribution < 1.29 is 19.2 Å². The molecule has 2 fully saturated rings. The molecule has 13 heteroatoms. The van der Waals surface area contributed by atoms with E-state index in [0.29, 0.717) is 27.8 Å². The number of fused-ring (bicyclic) bond motifs is 3. The zero-order chi connectivity index (χ0) is 28.8. The molecule has 1 aromatic carbocycles. The molecule has 12 nitrogen and oxygen atoms in total. The van der Waals surface area contributed by atoms with E-state index in [4.69, 9.17) is 17.3 Å². The van der Waals surface area contributed by atoms with Crippen LogP contribution in [0.1, 0.15) is 47.3 Å². The van der Waals surface area contributed by atoms with E-state index in [9.17, 15) is 19.2 Å². The number of Topliss-reactive ketones (excluding diaryl/α,β-unsaturated/α-hetero) is 1. The summed E-state index contributed by atoms with van der Waals surface area (Å²) in [7, 11) is 0. The van der Waals surface area contributed by atoms with Gasteiger partial charge < -0.3 is 16.0 Å². The number of carbonyl (C=O) groups is 4. The van der Waals surface area contributed by atoms with Crippen LogP contribution in [0.25, 0.3) is 22.0 Å². The van der Waals surface area contributed by atoms with E-state index in [-0.39, 0.29) is 52.8 Å². The average Bonchev–Trinajstić information content (AvgIpc) is 3.66. The highest BCUT2D eigenvalue weighted by Gasteiger charge is 2.51. The maximum atomic E-state index is 13.8. The predicted octanol–water partition coefficient (Wildman–Crippen LogP) is 2.86. The fourth-order valence-corrected chi connectivity index (χ4v) is 6.07. The molecule has 208 valence electrons. The van der Waals surface area contributed by atoms with Gasteiger partial charge in [0, 0.05) is 36.3 Å². The highest BCUT2D eigenvalue weighted by molar-refractivity contribution is 6.29. The summed E-state index contributed by atoms with van der Waals surface area (Å²) in [6, 6.07) is 9.58. The lowest BCUT2D eigenvalue weighted by atomic mass is 9.97. The number of piperidine rings is 1. The fraction of sp³-hybridized carbons (Fsp3) is 0.286. The summed E-state index contributed by atoms with van der Waals surface area (Å²) < 4.78 is 1.50. The lowest BCUT2D eigenvalue weighted by molar-refractivity contribution is -0.141. The first-order valence-corrected chi connectivity index (χ1v) is 13.5. The first kappa shape index (κ1) is 26.5. The molecule has 4 heterocycles. The van der Waals surface area contributed by atoms with Gasteiger partial charge in [-0.3, -0.25) is 23.9 Å². The Morgan fingerprint density at radius 2 is 1.85 bits per heavy atom. The number of amides is 3. The SMILES string of the molecule is CC(=O)c1nn(CC(=O)N2[C@@H]3CC[C@@H](C3)[C@H]2C(=O)Nc2cccc(Cl)n2)c2cc(-c3cnc(C(N)=O)nc3)ccc12. The number of nitrogens with zero attached hydrogens (tertiary/aromatic N) is 6. The Hall–Kier alpha value is -4.71. The quantitative estimate of drug-likeness (QED) is 0.252. The first-order chi connectivity index (χ1) is 19.7. The zero-order valence-electron chi connectivity index (χ0n) is 22.0. The number of pyridine rings is 1. The van der Waals surface area contributed by atoms with Crippen LogP contribution in [0, 0.1) is 5.92 Å². The molecule has 0 spiro atoms. The summed E-state index contributed by atoms with van der Waals surface area (Å²) in [5, 5.41) is 8.14. The van der Waals surface area contributed by atoms with E-state index >= 15 is 0 Å². The number of likely N-dealkylation sites (tertiary alicyclic amines) is 1. The number of nitrogens with one attached hydrogen (secondary N) is 1. The second kappa shape index (κ2) is 10.4. The molecule has 1 aliphatic carbocycles. The number of halogens is 1. The number of anilines is 1. The maximum Gasteiger partial charge on any atom is 0.286 e. The van der Waals surface area contributed by atoms with Gasteiger partial charge in [-0.25, -0.2) is 15.0 Å². The molecule has 4 aromatic rings. The summed E-state index contributed by atoms with van der Waals surface area (Å²) in [4.78, 5) is 64.7. The standard InChI is InChI=1S/C28H25ClN8O4/c1-14(38)24-19-8-6-15(17-11-31-27(26(30)40)32-12-17)10-20(19)36(35-24)13-23(39)37-18-7-5-16(9-18)25(37)28(41)34-22-4-2-3-21(29)33-22/h2-4,6,8,10-12,16,18,25H,5,7,9,13H2,1H3,(H2,30,40)(H,33,34,41)/t16-,18+,25-/m0/s1. The number of ketones is 1. The Morgan fingerprint density at radius 1 is 1.07 bits per heavy atom. The number of hydrogen-bond acceptors (Lipinski definition) is 8. The van der Waals surface area contributed by atoms with E-state index < -0.39 is 11.9 Å². The molecule has 0 unspecified atom stereocenters. The van der Waals surface area contributed by atoms with Gasteiger partial charge in [0.2, 0.25) is 17.6 Å².